The summed E-state index contributed by atoms with van der Waals surface area (Å²) in [4.78, 5) is 11.2. The van der Waals surface area contributed by atoms with Crippen molar-refractivity contribution in [1.29, 1.82) is 0 Å². The first-order valence-corrected chi connectivity index (χ1v) is 3.58. The highest BCUT2D eigenvalue weighted by molar-refractivity contribution is 5.97. The molecule has 3 nitrogen and oxygen atoms in total. The fraction of sp³-hybridized carbons (Fsp3) is 0.111. The van der Waals surface area contributed by atoms with E-state index >= 15 is 0 Å². The Morgan fingerprint density at radius 2 is 2.08 bits per heavy atom. The van der Waals surface area contributed by atoms with E-state index < -0.39 is 0 Å². The first-order chi connectivity index (χ1) is 5.84. The van der Waals surface area contributed by atoms with Crippen LogP contribution in [0.4, 0.5) is 0 Å². The number of ether oxygens (including phenoxy) is 1. The molecule has 3 heteroatoms. The van der Waals surface area contributed by atoms with Gasteiger partial charge in [0.15, 0.2) is 12.4 Å². The molecule has 0 aliphatic carbocycles. The molecule has 0 atom stereocenters. The second kappa shape index (κ2) is 4.28. The number of benzene rings is 1. The smallest absolute Gasteiger partial charge is 0.320 e. The quantitative estimate of drug-likeness (QED) is 0.376. The molecule has 0 unspecified atom stereocenters. The molecular formula is C9H10NO2+. The molecular weight excluding hydrogens is 154 g/mol. The van der Waals surface area contributed by atoms with Gasteiger partial charge in [-0.2, -0.15) is 0 Å². The van der Waals surface area contributed by atoms with Gasteiger partial charge in [-0.05, 0) is 0 Å². The minimum Gasteiger partial charge on any atom is -0.442 e. The summed E-state index contributed by atoms with van der Waals surface area (Å²) in [6.45, 7) is 0.000509. The van der Waals surface area contributed by atoms with E-state index in [2.05, 4.69) is 4.74 Å². The summed E-state index contributed by atoms with van der Waals surface area (Å²) in [6.07, 6.45) is 1.01. The molecule has 0 aliphatic heterocycles. The molecule has 0 fully saturated rings. The van der Waals surface area contributed by atoms with Crippen LogP contribution in [-0.2, 0) is 4.74 Å². The highest BCUT2D eigenvalue weighted by Crippen LogP contribution is 1.99. The van der Waals surface area contributed by atoms with Gasteiger partial charge in [0.05, 0.1) is 0 Å². The van der Waals surface area contributed by atoms with Gasteiger partial charge >= 0.3 is 6.40 Å². The van der Waals surface area contributed by atoms with E-state index in [4.69, 9.17) is 5.41 Å². The van der Waals surface area contributed by atoms with Crippen molar-refractivity contribution in [2.75, 3.05) is 6.61 Å². The Kier molecular flexibility index (Phi) is 3.02. The predicted molar refractivity (Wildman–Crippen MR) is 44.7 cm³/mol. The van der Waals surface area contributed by atoms with E-state index in [0.29, 0.717) is 5.56 Å². The molecule has 0 spiro atoms. The lowest BCUT2D eigenvalue weighted by Gasteiger charge is -1.96. The normalized spacial score (nSPS) is 9.00. The second-order valence-corrected chi connectivity index (χ2v) is 2.24. The molecule has 1 rings (SSSR count). The summed E-state index contributed by atoms with van der Waals surface area (Å²) >= 11 is 0. The third-order valence-electron chi connectivity index (χ3n) is 1.41. The maximum atomic E-state index is 11.2. The molecule has 0 aromatic heterocycles. The van der Waals surface area contributed by atoms with Crippen LogP contribution in [0, 0.1) is 0 Å². The van der Waals surface area contributed by atoms with Gasteiger partial charge in [-0.25, -0.2) is 5.41 Å². The van der Waals surface area contributed by atoms with Crippen molar-refractivity contribution in [3.63, 3.8) is 0 Å². The lowest BCUT2D eigenvalue weighted by Crippen LogP contribution is -2.31. The van der Waals surface area contributed by atoms with Crippen molar-refractivity contribution in [3.05, 3.63) is 35.9 Å². The molecule has 1 aromatic carbocycles. The van der Waals surface area contributed by atoms with Gasteiger partial charge in [0.2, 0.25) is 0 Å². The first kappa shape index (κ1) is 8.46. The van der Waals surface area contributed by atoms with Crippen LogP contribution in [0.5, 0.6) is 0 Å². The maximum Gasteiger partial charge on any atom is 0.320 e. The number of carbonyl (C=O) groups is 1. The van der Waals surface area contributed by atoms with Gasteiger partial charge in [-0.15, -0.1) is 0 Å². The van der Waals surface area contributed by atoms with E-state index in [1.165, 1.54) is 0 Å². The number of Topliss-reactive ketones (excluding diaryl/α,β-unsaturated/α-hetero) is 1. The Morgan fingerprint density at radius 3 is 2.67 bits per heavy atom. The number of hydrogen-bond acceptors (Lipinski definition) is 2. The van der Waals surface area contributed by atoms with Gasteiger partial charge in [-0.3, -0.25) is 4.79 Å². The van der Waals surface area contributed by atoms with Crippen LogP contribution >= 0.6 is 0 Å². The van der Waals surface area contributed by atoms with Gasteiger partial charge < -0.3 is 4.74 Å². The van der Waals surface area contributed by atoms with Crippen LogP contribution in [0.3, 0.4) is 0 Å². The standard InChI is InChI=1S/C9H9NO2/c10-7-12-6-9(11)8-4-2-1-3-5-8/h1-5,7,10H,6H2/p+1. The molecule has 12 heavy (non-hydrogen) atoms. The average molecular weight is 164 g/mol. The summed E-state index contributed by atoms with van der Waals surface area (Å²) < 4.78 is 4.65. The van der Waals surface area contributed by atoms with Crippen LogP contribution in [-0.4, -0.2) is 18.8 Å². The summed E-state index contributed by atoms with van der Waals surface area (Å²) in [5, 5.41) is 4.96. The Hall–Kier alpha value is -1.64. The van der Waals surface area contributed by atoms with Crippen molar-refractivity contribution in [2.45, 2.75) is 0 Å². The molecule has 0 heterocycles. The molecule has 0 aliphatic rings. The lowest BCUT2D eigenvalue weighted by molar-refractivity contribution is -0.127. The third kappa shape index (κ3) is 2.20. The van der Waals surface area contributed by atoms with E-state index in [0.717, 1.165) is 6.40 Å². The third-order valence-corrected chi connectivity index (χ3v) is 1.41. The molecule has 0 saturated heterocycles. The minimum absolute atomic E-state index is 0.000509. The fourth-order valence-corrected chi connectivity index (χ4v) is 0.831. The molecule has 0 bridgehead atoms. The molecule has 1 aromatic rings. The van der Waals surface area contributed by atoms with Crippen LogP contribution in [0.2, 0.25) is 0 Å². The zero-order chi connectivity index (χ0) is 8.81. The van der Waals surface area contributed by atoms with Crippen molar-refractivity contribution >= 4 is 12.2 Å². The molecule has 0 amide bonds. The topological polar surface area (TPSA) is 51.9 Å². The van der Waals surface area contributed by atoms with Crippen LogP contribution < -0.4 is 5.41 Å². The van der Waals surface area contributed by atoms with Crippen LogP contribution in [0.15, 0.2) is 30.3 Å². The molecule has 2 N–H and O–H groups in total. The van der Waals surface area contributed by atoms with E-state index in [9.17, 15) is 4.79 Å². The largest absolute Gasteiger partial charge is 0.442 e. The Balaban J connectivity index is 2.59. The van der Waals surface area contributed by atoms with Crippen LogP contribution in [0.25, 0.3) is 0 Å². The monoisotopic (exact) mass is 164 g/mol. The van der Waals surface area contributed by atoms with E-state index in [-0.39, 0.29) is 12.4 Å². The number of ketones is 1. The number of nitrogens with two attached hydrogens (primary N) is 1. The highest BCUT2D eigenvalue weighted by Gasteiger charge is 2.03. The molecule has 0 radical (unpaired) electrons. The number of hydrogen-bond donors (Lipinski definition) is 1. The van der Waals surface area contributed by atoms with Crippen molar-refractivity contribution in [3.8, 4) is 0 Å². The Labute approximate surface area is 70.5 Å². The summed E-state index contributed by atoms with van der Waals surface area (Å²) in [6, 6.07) is 8.94. The summed E-state index contributed by atoms with van der Waals surface area (Å²) in [5.74, 6) is -0.0719. The fourth-order valence-electron chi connectivity index (χ4n) is 0.831. The van der Waals surface area contributed by atoms with Crippen molar-refractivity contribution < 1.29 is 14.9 Å². The average Bonchev–Trinajstić information content (AvgIpc) is 2.15. The zero-order valence-corrected chi connectivity index (χ0v) is 6.57. The summed E-state index contributed by atoms with van der Waals surface area (Å²) in [5.41, 5.74) is 0.638. The highest BCUT2D eigenvalue weighted by atomic mass is 16.5. The van der Waals surface area contributed by atoms with Gasteiger partial charge in [0, 0.05) is 5.56 Å². The van der Waals surface area contributed by atoms with Crippen molar-refractivity contribution in [1.82, 2.24) is 0 Å². The Morgan fingerprint density at radius 1 is 1.42 bits per heavy atom. The number of rotatable bonds is 4. The second-order valence-electron chi connectivity index (χ2n) is 2.24. The Bertz CT molecular complexity index is 269. The maximum absolute atomic E-state index is 11.2. The van der Waals surface area contributed by atoms with Crippen LogP contribution in [0.1, 0.15) is 10.4 Å². The van der Waals surface area contributed by atoms with Gasteiger partial charge in [0.1, 0.15) is 0 Å². The van der Waals surface area contributed by atoms with Gasteiger partial charge in [-0.1, -0.05) is 30.3 Å². The predicted octanol–water partition coefficient (Wildman–Crippen LogP) is -0.327. The summed E-state index contributed by atoms with van der Waals surface area (Å²) in [7, 11) is 0. The minimum atomic E-state index is -0.0719. The van der Waals surface area contributed by atoms with Gasteiger partial charge in [0.25, 0.3) is 0 Å². The number of carbonyl (C=O) groups excluding carboxylic acids is 1. The van der Waals surface area contributed by atoms with E-state index in [1.807, 2.05) is 6.07 Å². The first-order valence-electron chi connectivity index (χ1n) is 3.58. The molecule has 62 valence electrons. The lowest BCUT2D eigenvalue weighted by atomic mass is 10.1. The van der Waals surface area contributed by atoms with Crippen molar-refractivity contribution in [2.24, 2.45) is 0 Å². The SMILES string of the molecule is [NH2+]=COCC(=O)c1ccccc1. The molecule has 0 saturated carbocycles. The zero-order valence-electron chi connectivity index (χ0n) is 6.57. The van der Waals surface area contributed by atoms with E-state index in [1.54, 1.807) is 24.3 Å².